The standard InChI is InChI=1S/C19H27F3N2O3/c1-13-12-23(17(25)27-18(3,4)5)10-11-24(13)14(2)15-6-8-16(9-7-15)26-19(20,21)22/h6-9,13-14H,10-12H2,1-5H3/t13-,14-/m0/s1. The third-order valence-corrected chi connectivity index (χ3v) is 4.42. The summed E-state index contributed by atoms with van der Waals surface area (Å²) in [5, 5.41) is 0. The number of carbonyl (C=O) groups excluding carboxylic acids is 1. The monoisotopic (exact) mass is 388 g/mol. The van der Waals surface area contributed by atoms with E-state index in [1.54, 1.807) is 17.0 Å². The van der Waals surface area contributed by atoms with E-state index in [1.807, 2.05) is 34.6 Å². The van der Waals surface area contributed by atoms with E-state index in [0.717, 1.165) is 5.56 Å². The molecule has 27 heavy (non-hydrogen) atoms. The van der Waals surface area contributed by atoms with Gasteiger partial charge in [0.05, 0.1) is 0 Å². The van der Waals surface area contributed by atoms with Crippen LogP contribution in [0.2, 0.25) is 0 Å². The lowest BCUT2D eigenvalue weighted by Crippen LogP contribution is -2.54. The average molecular weight is 388 g/mol. The van der Waals surface area contributed by atoms with Crippen LogP contribution in [0, 0.1) is 0 Å². The fraction of sp³-hybridized carbons (Fsp3) is 0.632. The lowest BCUT2D eigenvalue weighted by molar-refractivity contribution is -0.274. The van der Waals surface area contributed by atoms with Crippen LogP contribution >= 0.6 is 0 Å². The van der Waals surface area contributed by atoms with Gasteiger partial charge in [0.1, 0.15) is 11.4 Å². The minimum absolute atomic E-state index is 0.000670. The summed E-state index contributed by atoms with van der Waals surface area (Å²) in [5.74, 6) is -0.235. The number of ether oxygens (including phenoxy) is 2. The summed E-state index contributed by atoms with van der Waals surface area (Å²) in [6.45, 7) is 11.2. The van der Waals surface area contributed by atoms with Gasteiger partial charge >= 0.3 is 12.5 Å². The second-order valence-electron chi connectivity index (χ2n) is 7.81. The van der Waals surface area contributed by atoms with Crippen molar-refractivity contribution in [3.8, 4) is 5.75 Å². The van der Waals surface area contributed by atoms with Gasteiger partial charge in [-0.3, -0.25) is 4.90 Å². The van der Waals surface area contributed by atoms with Crippen LogP contribution in [0.25, 0.3) is 0 Å². The van der Waals surface area contributed by atoms with E-state index >= 15 is 0 Å². The van der Waals surface area contributed by atoms with Gasteiger partial charge < -0.3 is 14.4 Å². The summed E-state index contributed by atoms with van der Waals surface area (Å²) in [4.78, 5) is 16.2. The summed E-state index contributed by atoms with van der Waals surface area (Å²) in [6.07, 6.45) is -5.02. The minimum atomic E-state index is -4.69. The summed E-state index contributed by atoms with van der Waals surface area (Å²) in [6, 6.07) is 6.01. The summed E-state index contributed by atoms with van der Waals surface area (Å²) in [7, 11) is 0. The first kappa shape index (κ1) is 21.3. The normalized spacial score (nSPS) is 20.3. The van der Waals surface area contributed by atoms with E-state index in [0.29, 0.717) is 19.6 Å². The molecule has 0 spiro atoms. The van der Waals surface area contributed by atoms with Crippen molar-refractivity contribution in [3.05, 3.63) is 29.8 Å². The fourth-order valence-electron chi connectivity index (χ4n) is 3.18. The molecule has 2 atom stereocenters. The van der Waals surface area contributed by atoms with Gasteiger partial charge in [-0.15, -0.1) is 13.2 Å². The highest BCUT2D eigenvalue weighted by molar-refractivity contribution is 5.68. The zero-order valence-corrected chi connectivity index (χ0v) is 16.3. The lowest BCUT2D eigenvalue weighted by atomic mass is 10.0. The number of amides is 1. The predicted molar refractivity (Wildman–Crippen MR) is 95.5 cm³/mol. The number of hydrogen-bond acceptors (Lipinski definition) is 4. The molecule has 1 fully saturated rings. The molecule has 0 aliphatic carbocycles. The number of carbonyl (C=O) groups is 1. The summed E-state index contributed by atoms with van der Waals surface area (Å²) >= 11 is 0. The Morgan fingerprint density at radius 1 is 1.15 bits per heavy atom. The van der Waals surface area contributed by atoms with Crippen molar-refractivity contribution in [2.45, 2.75) is 58.7 Å². The van der Waals surface area contributed by atoms with Gasteiger partial charge in [-0.1, -0.05) is 12.1 Å². The van der Waals surface area contributed by atoms with Crippen LogP contribution in [0.15, 0.2) is 24.3 Å². The van der Waals surface area contributed by atoms with Gasteiger partial charge in [-0.2, -0.15) is 0 Å². The van der Waals surface area contributed by atoms with E-state index in [-0.39, 0.29) is 23.9 Å². The van der Waals surface area contributed by atoms with Gasteiger partial charge in [0.25, 0.3) is 0 Å². The Balaban J connectivity index is 1.98. The van der Waals surface area contributed by atoms with Crippen molar-refractivity contribution in [1.29, 1.82) is 0 Å². The second-order valence-corrected chi connectivity index (χ2v) is 7.81. The van der Waals surface area contributed by atoms with Gasteiger partial charge in [-0.25, -0.2) is 4.79 Å². The van der Waals surface area contributed by atoms with Gasteiger partial charge in [-0.05, 0) is 52.3 Å². The Hall–Kier alpha value is -1.96. The quantitative estimate of drug-likeness (QED) is 0.760. The Labute approximate surface area is 158 Å². The van der Waals surface area contributed by atoms with Crippen molar-refractivity contribution >= 4 is 6.09 Å². The van der Waals surface area contributed by atoms with Crippen molar-refractivity contribution in [2.24, 2.45) is 0 Å². The highest BCUT2D eigenvalue weighted by atomic mass is 19.4. The van der Waals surface area contributed by atoms with Crippen LogP contribution in [0.5, 0.6) is 5.75 Å². The van der Waals surface area contributed by atoms with Crippen LogP contribution in [-0.2, 0) is 4.74 Å². The Kier molecular flexibility index (Phi) is 6.29. The van der Waals surface area contributed by atoms with E-state index in [2.05, 4.69) is 9.64 Å². The van der Waals surface area contributed by atoms with E-state index in [4.69, 9.17) is 4.74 Å². The second kappa shape index (κ2) is 7.96. The Morgan fingerprint density at radius 2 is 1.74 bits per heavy atom. The number of piperazine rings is 1. The summed E-state index contributed by atoms with van der Waals surface area (Å²) in [5.41, 5.74) is 0.354. The molecule has 1 amide bonds. The zero-order valence-electron chi connectivity index (χ0n) is 16.3. The number of nitrogens with zero attached hydrogens (tertiary/aromatic N) is 2. The number of rotatable bonds is 3. The maximum Gasteiger partial charge on any atom is 0.573 e. The molecule has 1 saturated heterocycles. The van der Waals surface area contributed by atoms with Crippen molar-refractivity contribution in [2.75, 3.05) is 19.6 Å². The van der Waals surface area contributed by atoms with E-state index < -0.39 is 12.0 Å². The average Bonchev–Trinajstić information content (AvgIpc) is 2.51. The number of halogens is 3. The van der Waals surface area contributed by atoms with Gasteiger partial charge in [0, 0.05) is 31.7 Å². The maximum atomic E-state index is 12.3. The zero-order chi connectivity index (χ0) is 20.4. The number of hydrogen-bond donors (Lipinski definition) is 0. The molecule has 0 bridgehead atoms. The lowest BCUT2D eigenvalue weighted by Gasteiger charge is -2.43. The molecule has 0 N–H and O–H groups in total. The molecular formula is C19H27F3N2O3. The molecule has 1 aromatic carbocycles. The first-order chi connectivity index (χ1) is 12.4. The Morgan fingerprint density at radius 3 is 2.22 bits per heavy atom. The number of benzene rings is 1. The topological polar surface area (TPSA) is 42.0 Å². The molecule has 152 valence electrons. The molecule has 5 nitrogen and oxygen atoms in total. The molecule has 2 rings (SSSR count). The fourth-order valence-corrected chi connectivity index (χ4v) is 3.18. The third-order valence-electron chi connectivity index (χ3n) is 4.42. The maximum absolute atomic E-state index is 12.3. The Bertz CT molecular complexity index is 641. The third kappa shape index (κ3) is 6.30. The SMILES string of the molecule is C[C@H]1CN(C(=O)OC(C)(C)C)CCN1[C@@H](C)c1ccc(OC(F)(F)F)cc1. The molecule has 1 aliphatic rings. The molecule has 8 heteroatoms. The highest BCUT2D eigenvalue weighted by Crippen LogP contribution is 2.29. The van der Waals surface area contributed by atoms with Crippen molar-refractivity contribution in [1.82, 2.24) is 9.80 Å². The smallest absolute Gasteiger partial charge is 0.444 e. The molecule has 0 aromatic heterocycles. The first-order valence-electron chi connectivity index (χ1n) is 8.95. The van der Waals surface area contributed by atoms with Crippen molar-refractivity contribution < 1.29 is 27.4 Å². The highest BCUT2D eigenvalue weighted by Gasteiger charge is 2.33. The molecule has 0 saturated carbocycles. The van der Waals surface area contributed by atoms with E-state index in [9.17, 15) is 18.0 Å². The van der Waals surface area contributed by atoms with Crippen LogP contribution in [0.4, 0.5) is 18.0 Å². The van der Waals surface area contributed by atoms with Crippen LogP contribution < -0.4 is 4.74 Å². The minimum Gasteiger partial charge on any atom is -0.444 e. The first-order valence-corrected chi connectivity index (χ1v) is 8.95. The van der Waals surface area contributed by atoms with Crippen molar-refractivity contribution in [3.63, 3.8) is 0 Å². The summed E-state index contributed by atoms with van der Waals surface area (Å²) < 4.78 is 46.2. The van der Waals surface area contributed by atoms with Crippen LogP contribution in [0.1, 0.15) is 46.2 Å². The molecular weight excluding hydrogens is 361 g/mol. The largest absolute Gasteiger partial charge is 0.573 e. The van der Waals surface area contributed by atoms with Gasteiger partial charge in [0.2, 0.25) is 0 Å². The molecule has 1 heterocycles. The van der Waals surface area contributed by atoms with E-state index in [1.165, 1.54) is 12.1 Å². The molecule has 1 aliphatic heterocycles. The molecule has 0 unspecified atom stereocenters. The predicted octanol–water partition coefficient (Wildman–Crippen LogP) is 4.59. The van der Waals surface area contributed by atoms with Crippen LogP contribution in [0.3, 0.4) is 0 Å². The number of alkyl halides is 3. The molecule has 0 radical (unpaired) electrons. The van der Waals surface area contributed by atoms with Gasteiger partial charge in [0.15, 0.2) is 0 Å². The molecule has 1 aromatic rings. The van der Waals surface area contributed by atoms with Crippen LogP contribution in [-0.4, -0.2) is 53.5 Å².